The number of aliphatic hydroxyl groups excluding tert-OH is 1. The van der Waals surface area contributed by atoms with E-state index in [1.165, 1.54) is 23.9 Å². The summed E-state index contributed by atoms with van der Waals surface area (Å²) in [6, 6.07) is 10.1. The zero-order chi connectivity index (χ0) is 23.1. The zero-order valence-corrected chi connectivity index (χ0v) is 19.6. The summed E-state index contributed by atoms with van der Waals surface area (Å²) in [4.78, 5) is 12.0. The second kappa shape index (κ2) is 11.6. The molecule has 3 atom stereocenters. The van der Waals surface area contributed by atoms with Gasteiger partial charge in [-0.15, -0.1) is 11.8 Å². The number of hydrogen-bond acceptors (Lipinski definition) is 6. The Morgan fingerprint density at radius 2 is 2.00 bits per heavy atom. The van der Waals surface area contributed by atoms with Crippen molar-refractivity contribution in [3.63, 3.8) is 0 Å². The molecule has 2 aromatic rings. The second-order valence-electron chi connectivity index (χ2n) is 8.10. The summed E-state index contributed by atoms with van der Waals surface area (Å²) in [6.45, 7) is 6.53. The number of cyclic esters (lactones) is 1. The van der Waals surface area contributed by atoms with Gasteiger partial charge in [0.05, 0.1) is 19.6 Å². The van der Waals surface area contributed by atoms with Crippen LogP contribution in [-0.2, 0) is 9.53 Å². The van der Waals surface area contributed by atoms with Crippen LogP contribution < -0.4 is 9.47 Å². The number of aliphatic hydroxyl groups is 1. The highest BCUT2D eigenvalue weighted by atomic mass is 32.2. The van der Waals surface area contributed by atoms with E-state index in [-0.39, 0.29) is 35.9 Å². The third-order valence-corrected chi connectivity index (χ3v) is 6.44. The number of benzene rings is 2. The summed E-state index contributed by atoms with van der Waals surface area (Å²) in [6.07, 6.45) is 1.48. The van der Waals surface area contributed by atoms with Crippen molar-refractivity contribution in [1.29, 1.82) is 0 Å². The Morgan fingerprint density at radius 1 is 1.25 bits per heavy atom. The minimum absolute atomic E-state index is 0.0408. The first-order chi connectivity index (χ1) is 15.4. The maximum Gasteiger partial charge on any atom is 0.307 e. The number of esters is 1. The van der Waals surface area contributed by atoms with Crippen LogP contribution in [0, 0.1) is 25.6 Å². The summed E-state index contributed by atoms with van der Waals surface area (Å²) in [5.41, 5.74) is 2.80. The zero-order valence-electron chi connectivity index (χ0n) is 18.8. The van der Waals surface area contributed by atoms with Gasteiger partial charge in [-0.25, -0.2) is 4.39 Å². The third kappa shape index (κ3) is 6.62. The standard InChI is InChI=1S/C25H31FO5S/c1-4-22(30-20-7-5-19(26)6-8-20)21-12-16(2)11-17(3)25(21)29-15-18-13-23(28)31-24(14-18)32-10-9-27/h5-8,11-12,18,22,24,27H,4,9-10,13-15H2,1-3H3/t18-,22?,24+/m1/s1. The molecule has 1 fully saturated rings. The minimum Gasteiger partial charge on any atom is -0.493 e. The molecule has 0 saturated carbocycles. The number of rotatable bonds is 10. The Kier molecular flexibility index (Phi) is 8.82. The van der Waals surface area contributed by atoms with Crippen molar-refractivity contribution in [3.8, 4) is 11.5 Å². The van der Waals surface area contributed by atoms with Crippen molar-refractivity contribution in [3.05, 3.63) is 58.9 Å². The molecule has 0 aromatic heterocycles. The average molecular weight is 463 g/mol. The van der Waals surface area contributed by atoms with Crippen molar-refractivity contribution < 1.29 is 28.5 Å². The monoisotopic (exact) mass is 462 g/mol. The van der Waals surface area contributed by atoms with Gasteiger partial charge in [-0.1, -0.05) is 18.6 Å². The largest absolute Gasteiger partial charge is 0.493 e. The van der Waals surface area contributed by atoms with E-state index in [0.29, 0.717) is 37.4 Å². The van der Waals surface area contributed by atoms with E-state index in [0.717, 1.165) is 22.4 Å². The third-order valence-electron chi connectivity index (χ3n) is 5.36. The van der Waals surface area contributed by atoms with Crippen molar-refractivity contribution >= 4 is 17.7 Å². The molecule has 1 aliphatic heterocycles. The van der Waals surface area contributed by atoms with Gasteiger partial charge < -0.3 is 19.3 Å². The van der Waals surface area contributed by atoms with Crippen LogP contribution in [0.3, 0.4) is 0 Å². The highest BCUT2D eigenvalue weighted by Crippen LogP contribution is 2.36. The Labute approximate surface area is 193 Å². The Balaban J connectivity index is 1.76. The fourth-order valence-electron chi connectivity index (χ4n) is 3.92. The Morgan fingerprint density at radius 3 is 2.69 bits per heavy atom. The fraction of sp³-hybridized carbons (Fsp3) is 0.480. The van der Waals surface area contributed by atoms with Gasteiger partial charge in [-0.2, -0.15) is 0 Å². The van der Waals surface area contributed by atoms with Crippen LogP contribution in [0.2, 0.25) is 0 Å². The highest BCUT2D eigenvalue weighted by molar-refractivity contribution is 7.99. The van der Waals surface area contributed by atoms with E-state index in [4.69, 9.17) is 19.3 Å². The molecule has 32 heavy (non-hydrogen) atoms. The molecular formula is C25H31FO5S. The van der Waals surface area contributed by atoms with Gasteiger partial charge >= 0.3 is 5.97 Å². The van der Waals surface area contributed by atoms with Crippen LogP contribution in [0.25, 0.3) is 0 Å². The molecule has 1 N–H and O–H groups in total. The number of halogens is 1. The van der Waals surface area contributed by atoms with Gasteiger partial charge in [-0.05, 0) is 56.2 Å². The lowest BCUT2D eigenvalue weighted by molar-refractivity contribution is -0.151. The second-order valence-corrected chi connectivity index (χ2v) is 9.37. The molecule has 0 bridgehead atoms. The van der Waals surface area contributed by atoms with Gasteiger partial charge in [0, 0.05) is 23.7 Å². The molecule has 0 spiro atoms. The summed E-state index contributed by atoms with van der Waals surface area (Å²) in [5, 5.41) is 9.04. The maximum atomic E-state index is 13.3. The smallest absolute Gasteiger partial charge is 0.307 e. The van der Waals surface area contributed by atoms with E-state index in [9.17, 15) is 9.18 Å². The van der Waals surface area contributed by atoms with Crippen LogP contribution in [0.1, 0.15) is 49.0 Å². The number of ether oxygens (including phenoxy) is 3. The number of hydrogen-bond donors (Lipinski definition) is 1. The van der Waals surface area contributed by atoms with Crippen LogP contribution >= 0.6 is 11.8 Å². The molecule has 1 unspecified atom stereocenters. The molecule has 174 valence electrons. The predicted molar refractivity (Wildman–Crippen MR) is 124 cm³/mol. The van der Waals surface area contributed by atoms with E-state index in [2.05, 4.69) is 12.1 Å². The molecule has 5 nitrogen and oxygen atoms in total. The van der Waals surface area contributed by atoms with Crippen LogP contribution in [0.4, 0.5) is 4.39 Å². The van der Waals surface area contributed by atoms with E-state index in [1.54, 1.807) is 12.1 Å². The summed E-state index contributed by atoms with van der Waals surface area (Å²) >= 11 is 1.45. The topological polar surface area (TPSA) is 65.0 Å². The number of carbonyl (C=O) groups excluding carboxylic acids is 1. The quantitative estimate of drug-likeness (QED) is 0.480. The van der Waals surface area contributed by atoms with E-state index >= 15 is 0 Å². The lowest BCUT2D eigenvalue weighted by Crippen LogP contribution is -2.31. The number of thioether (sulfide) groups is 1. The molecule has 3 rings (SSSR count). The van der Waals surface area contributed by atoms with Crippen molar-refractivity contribution in [2.75, 3.05) is 19.0 Å². The molecule has 1 saturated heterocycles. The molecule has 0 amide bonds. The SMILES string of the molecule is CCC(Oc1ccc(F)cc1)c1cc(C)cc(C)c1OC[C@@H]1CC(=O)O[C@@H](SCCO)C1. The van der Waals surface area contributed by atoms with Crippen molar-refractivity contribution in [2.24, 2.45) is 5.92 Å². The van der Waals surface area contributed by atoms with E-state index < -0.39 is 0 Å². The molecule has 0 aliphatic carbocycles. The first-order valence-electron chi connectivity index (χ1n) is 11.0. The molecule has 0 radical (unpaired) electrons. The minimum atomic E-state index is -0.303. The number of aryl methyl sites for hydroxylation is 2. The lowest BCUT2D eigenvalue weighted by Gasteiger charge is -2.29. The first kappa shape index (κ1) is 24.4. The van der Waals surface area contributed by atoms with Gasteiger partial charge in [0.1, 0.15) is 28.9 Å². The molecule has 2 aromatic carbocycles. The Bertz CT molecular complexity index is 902. The Hall–Kier alpha value is -2.25. The lowest BCUT2D eigenvalue weighted by atomic mass is 9.98. The summed E-state index contributed by atoms with van der Waals surface area (Å²) in [7, 11) is 0. The first-order valence-corrected chi connectivity index (χ1v) is 12.0. The van der Waals surface area contributed by atoms with E-state index in [1.807, 2.05) is 20.8 Å². The van der Waals surface area contributed by atoms with Crippen molar-refractivity contribution in [1.82, 2.24) is 0 Å². The average Bonchev–Trinajstić information content (AvgIpc) is 2.76. The van der Waals surface area contributed by atoms with Gasteiger partial charge in [-0.3, -0.25) is 4.79 Å². The molecule has 7 heteroatoms. The highest BCUT2D eigenvalue weighted by Gasteiger charge is 2.30. The molecular weight excluding hydrogens is 431 g/mol. The van der Waals surface area contributed by atoms with Crippen LogP contribution in [0.15, 0.2) is 36.4 Å². The fourth-order valence-corrected chi connectivity index (χ4v) is 4.87. The molecule has 1 aliphatic rings. The van der Waals surface area contributed by atoms with Gasteiger partial charge in [0.15, 0.2) is 0 Å². The van der Waals surface area contributed by atoms with Gasteiger partial charge in [0.2, 0.25) is 0 Å². The van der Waals surface area contributed by atoms with Crippen molar-refractivity contribution in [2.45, 2.75) is 51.6 Å². The van der Waals surface area contributed by atoms with Gasteiger partial charge in [0.25, 0.3) is 0 Å². The normalized spacial score (nSPS) is 19.3. The maximum absolute atomic E-state index is 13.3. The summed E-state index contributed by atoms with van der Waals surface area (Å²) in [5.74, 6) is 1.41. The number of carbonyl (C=O) groups is 1. The van der Waals surface area contributed by atoms with Crippen LogP contribution in [0.5, 0.6) is 11.5 Å². The predicted octanol–water partition coefficient (Wildman–Crippen LogP) is 5.36. The summed E-state index contributed by atoms with van der Waals surface area (Å²) < 4.78 is 31.1. The van der Waals surface area contributed by atoms with Crippen LogP contribution in [-0.4, -0.2) is 35.5 Å². The molecule has 1 heterocycles.